The molecule has 0 atom stereocenters. The summed E-state index contributed by atoms with van der Waals surface area (Å²) in [6.07, 6.45) is 0. The molecule has 0 aliphatic heterocycles. The van der Waals surface area contributed by atoms with Gasteiger partial charge in [0.25, 0.3) is 5.91 Å². The molecule has 3 aromatic rings. The predicted molar refractivity (Wildman–Crippen MR) is 97.4 cm³/mol. The van der Waals surface area contributed by atoms with Crippen molar-refractivity contribution in [3.8, 4) is 0 Å². The van der Waals surface area contributed by atoms with Crippen molar-refractivity contribution in [3.63, 3.8) is 0 Å². The van der Waals surface area contributed by atoms with Crippen LogP contribution in [0.2, 0.25) is 0 Å². The number of hydrogen-bond donors (Lipinski definition) is 1. The molecule has 0 aliphatic rings. The van der Waals surface area contributed by atoms with Crippen LogP contribution in [-0.4, -0.2) is 14.3 Å². The number of sulfone groups is 1. The third kappa shape index (κ3) is 4.20. The zero-order valence-corrected chi connectivity index (χ0v) is 15.1. The molecule has 4 nitrogen and oxygen atoms in total. The average molecular weight is 387 g/mol. The molecule has 138 valence electrons. The van der Waals surface area contributed by atoms with Gasteiger partial charge in [0.1, 0.15) is 11.6 Å². The fourth-order valence-corrected chi connectivity index (χ4v) is 3.80. The first-order valence-corrected chi connectivity index (χ1v) is 9.43. The lowest BCUT2D eigenvalue weighted by Gasteiger charge is -2.08. The standard InChI is InChI=1S/C20H15F2NO3S/c1-13-10-14(12-16(22)11-13)20(24)23-17-4-8-19(9-5-17)27(25,26)18-6-2-15(21)3-7-18/h2-12H,1H3,(H,23,24). The van der Waals surface area contributed by atoms with E-state index in [2.05, 4.69) is 5.32 Å². The molecule has 3 aromatic carbocycles. The lowest BCUT2D eigenvalue weighted by molar-refractivity contribution is 0.102. The number of aryl methyl sites for hydroxylation is 1. The molecular weight excluding hydrogens is 372 g/mol. The summed E-state index contributed by atoms with van der Waals surface area (Å²) in [5.41, 5.74) is 1.14. The van der Waals surface area contributed by atoms with E-state index >= 15 is 0 Å². The minimum absolute atomic E-state index is 0.00806. The predicted octanol–water partition coefficient (Wildman–Crippen LogP) is 4.36. The molecule has 0 radical (unpaired) electrons. The summed E-state index contributed by atoms with van der Waals surface area (Å²) in [4.78, 5) is 12.2. The van der Waals surface area contributed by atoms with Crippen LogP contribution < -0.4 is 5.32 Å². The molecule has 0 saturated carbocycles. The zero-order chi connectivity index (χ0) is 19.6. The Hall–Kier alpha value is -3.06. The maximum atomic E-state index is 13.4. The van der Waals surface area contributed by atoms with E-state index in [9.17, 15) is 22.0 Å². The summed E-state index contributed by atoms with van der Waals surface area (Å²) in [6.45, 7) is 1.68. The summed E-state index contributed by atoms with van der Waals surface area (Å²) in [5.74, 6) is -1.55. The van der Waals surface area contributed by atoms with Crippen LogP contribution >= 0.6 is 0 Å². The molecule has 0 fully saturated rings. The third-order valence-electron chi connectivity index (χ3n) is 3.85. The second-order valence-electron chi connectivity index (χ2n) is 5.95. The van der Waals surface area contributed by atoms with E-state index in [1.165, 1.54) is 42.5 Å². The molecule has 7 heteroatoms. The smallest absolute Gasteiger partial charge is 0.255 e. The van der Waals surface area contributed by atoms with Crippen LogP contribution in [0.3, 0.4) is 0 Å². The average Bonchev–Trinajstić information content (AvgIpc) is 2.61. The maximum Gasteiger partial charge on any atom is 0.255 e. The fraction of sp³-hybridized carbons (Fsp3) is 0.0500. The molecule has 0 saturated heterocycles. The highest BCUT2D eigenvalue weighted by atomic mass is 32.2. The first-order chi connectivity index (χ1) is 12.8. The van der Waals surface area contributed by atoms with Gasteiger partial charge in [-0.2, -0.15) is 0 Å². The lowest BCUT2D eigenvalue weighted by atomic mass is 10.1. The van der Waals surface area contributed by atoms with Crippen LogP contribution in [0.5, 0.6) is 0 Å². The van der Waals surface area contributed by atoms with Gasteiger partial charge in [0, 0.05) is 11.3 Å². The Morgan fingerprint density at radius 3 is 1.93 bits per heavy atom. The molecule has 27 heavy (non-hydrogen) atoms. The molecule has 0 spiro atoms. The topological polar surface area (TPSA) is 63.2 Å². The van der Waals surface area contributed by atoms with Gasteiger partial charge in [-0.15, -0.1) is 0 Å². The van der Waals surface area contributed by atoms with Gasteiger partial charge in [-0.3, -0.25) is 4.79 Å². The number of amides is 1. The van der Waals surface area contributed by atoms with Gasteiger partial charge in [0.15, 0.2) is 0 Å². The summed E-state index contributed by atoms with van der Waals surface area (Å²) < 4.78 is 51.5. The molecular formula is C20H15F2NO3S. The van der Waals surface area contributed by atoms with Crippen LogP contribution in [0.4, 0.5) is 14.5 Å². The Labute approximate surface area is 155 Å². The number of carbonyl (C=O) groups excluding carboxylic acids is 1. The van der Waals surface area contributed by atoms with Crippen molar-refractivity contribution < 1.29 is 22.0 Å². The monoisotopic (exact) mass is 387 g/mol. The molecule has 0 bridgehead atoms. The number of halogens is 2. The fourth-order valence-electron chi connectivity index (χ4n) is 2.54. The minimum atomic E-state index is -3.79. The molecule has 0 unspecified atom stereocenters. The third-order valence-corrected chi connectivity index (χ3v) is 5.64. The van der Waals surface area contributed by atoms with Gasteiger partial charge in [-0.05, 0) is 79.2 Å². The van der Waals surface area contributed by atoms with Gasteiger partial charge in [0.2, 0.25) is 9.84 Å². The maximum absolute atomic E-state index is 13.4. The van der Waals surface area contributed by atoms with Crippen molar-refractivity contribution in [3.05, 3.63) is 89.5 Å². The SMILES string of the molecule is Cc1cc(F)cc(C(=O)Nc2ccc(S(=O)(=O)c3ccc(F)cc3)cc2)c1. The van der Waals surface area contributed by atoms with E-state index in [-0.39, 0.29) is 15.4 Å². The quantitative estimate of drug-likeness (QED) is 0.677. The van der Waals surface area contributed by atoms with Crippen molar-refractivity contribution in [1.82, 2.24) is 0 Å². The highest BCUT2D eigenvalue weighted by molar-refractivity contribution is 7.91. The van der Waals surface area contributed by atoms with Gasteiger partial charge in [-0.25, -0.2) is 17.2 Å². The highest BCUT2D eigenvalue weighted by Gasteiger charge is 2.18. The summed E-state index contributed by atoms with van der Waals surface area (Å²) in [6, 6.07) is 14.0. The van der Waals surface area contributed by atoms with Crippen LogP contribution in [0.15, 0.2) is 76.5 Å². The number of hydrogen-bond acceptors (Lipinski definition) is 3. The first-order valence-electron chi connectivity index (χ1n) is 7.95. The van der Waals surface area contributed by atoms with Crippen molar-refractivity contribution in [2.24, 2.45) is 0 Å². The van der Waals surface area contributed by atoms with Crippen LogP contribution in [0.1, 0.15) is 15.9 Å². The number of nitrogens with one attached hydrogen (secondary N) is 1. The van der Waals surface area contributed by atoms with Crippen LogP contribution in [0, 0.1) is 18.6 Å². The largest absolute Gasteiger partial charge is 0.322 e. The number of anilines is 1. The Bertz CT molecular complexity index is 1070. The summed E-state index contributed by atoms with van der Waals surface area (Å²) in [5, 5.41) is 2.59. The van der Waals surface area contributed by atoms with Crippen molar-refractivity contribution in [1.29, 1.82) is 0 Å². The Morgan fingerprint density at radius 1 is 0.815 bits per heavy atom. The lowest BCUT2D eigenvalue weighted by Crippen LogP contribution is -2.12. The Balaban J connectivity index is 1.81. The van der Waals surface area contributed by atoms with Crippen molar-refractivity contribution >= 4 is 21.4 Å². The summed E-state index contributed by atoms with van der Waals surface area (Å²) in [7, 11) is -3.79. The molecule has 0 heterocycles. The molecule has 1 amide bonds. The first kappa shape index (κ1) is 18.7. The van der Waals surface area contributed by atoms with E-state index in [0.717, 1.165) is 18.2 Å². The van der Waals surface area contributed by atoms with E-state index < -0.39 is 27.4 Å². The van der Waals surface area contributed by atoms with Gasteiger partial charge in [0.05, 0.1) is 9.79 Å². The van der Waals surface area contributed by atoms with Gasteiger partial charge < -0.3 is 5.32 Å². The Kier molecular flexibility index (Phi) is 5.05. The minimum Gasteiger partial charge on any atom is -0.322 e. The number of carbonyl (C=O) groups is 1. The van der Waals surface area contributed by atoms with Crippen LogP contribution in [-0.2, 0) is 9.84 Å². The second kappa shape index (κ2) is 7.28. The molecule has 0 aromatic heterocycles. The summed E-state index contributed by atoms with van der Waals surface area (Å²) >= 11 is 0. The Morgan fingerprint density at radius 2 is 1.37 bits per heavy atom. The number of rotatable bonds is 4. The van der Waals surface area contributed by atoms with Gasteiger partial charge in [-0.1, -0.05) is 0 Å². The molecule has 1 N–H and O–H groups in total. The van der Waals surface area contributed by atoms with E-state index in [1.54, 1.807) is 13.0 Å². The normalized spacial score (nSPS) is 11.2. The molecule has 3 rings (SSSR count). The van der Waals surface area contributed by atoms with Crippen molar-refractivity contribution in [2.45, 2.75) is 16.7 Å². The van der Waals surface area contributed by atoms with E-state index in [0.29, 0.717) is 11.3 Å². The second-order valence-corrected chi connectivity index (χ2v) is 7.90. The highest BCUT2D eigenvalue weighted by Crippen LogP contribution is 2.23. The van der Waals surface area contributed by atoms with E-state index in [1.807, 2.05) is 0 Å². The van der Waals surface area contributed by atoms with Crippen LogP contribution in [0.25, 0.3) is 0 Å². The number of benzene rings is 3. The zero-order valence-electron chi connectivity index (χ0n) is 14.2. The van der Waals surface area contributed by atoms with Crippen molar-refractivity contribution in [2.75, 3.05) is 5.32 Å². The molecule has 0 aliphatic carbocycles. The van der Waals surface area contributed by atoms with E-state index in [4.69, 9.17) is 0 Å². The van der Waals surface area contributed by atoms with Gasteiger partial charge >= 0.3 is 0 Å².